The van der Waals surface area contributed by atoms with E-state index in [1.54, 1.807) is 18.2 Å². The molecule has 2 heterocycles. The molecule has 0 spiro atoms. The molecular formula is C18H13N3O4. The van der Waals surface area contributed by atoms with Gasteiger partial charge in [-0.25, -0.2) is 4.79 Å². The van der Waals surface area contributed by atoms with Crippen molar-refractivity contribution in [1.29, 1.82) is 0 Å². The minimum absolute atomic E-state index is 0.122. The van der Waals surface area contributed by atoms with Crippen LogP contribution in [0.1, 0.15) is 15.9 Å². The number of nitrogens with zero attached hydrogens (tertiary/aromatic N) is 2. The predicted octanol–water partition coefficient (Wildman–Crippen LogP) is 3.09. The Morgan fingerprint density at radius 3 is 2.48 bits per heavy atom. The van der Waals surface area contributed by atoms with Gasteiger partial charge in [-0.2, -0.15) is 0 Å². The molecule has 0 bridgehead atoms. The van der Waals surface area contributed by atoms with Gasteiger partial charge < -0.3 is 9.63 Å². The number of hydrogen-bond donors (Lipinski definition) is 2. The van der Waals surface area contributed by atoms with Gasteiger partial charge in [0.25, 0.3) is 5.91 Å². The highest BCUT2D eigenvalue weighted by Gasteiger charge is 2.24. The molecule has 0 aliphatic rings. The molecule has 0 radical (unpaired) electrons. The number of carbonyl (C=O) groups excluding carboxylic acids is 1. The van der Waals surface area contributed by atoms with Gasteiger partial charge in [-0.3, -0.25) is 15.1 Å². The zero-order valence-electron chi connectivity index (χ0n) is 12.9. The van der Waals surface area contributed by atoms with Crippen LogP contribution in [0, 0.1) is 0 Å². The summed E-state index contributed by atoms with van der Waals surface area (Å²) in [6, 6.07) is 12.4. The molecule has 3 aromatic rings. The topological polar surface area (TPSA) is 105 Å². The number of carbonyl (C=O) groups is 2. The van der Waals surface area contributed by atoms with E-state index in [2.05, 4.69) is 15.5 Å². The van der Waals surface area contributed by atoms with E-state index in [1.807, 2.05) is 30.3 Å². The largest absolute Gasteiger partial charge is 0.477 e. The van der Waals surface area contributed by atoms with Crippen LogP contribution in [0.25, 0.3) is 17.3 Å². The van der Waals surface area contributed by atoms with Crippen LogP contribution in [0.3, 0.4) is 0 Å². The first kappa shape index (κ1) is 16.1. The third kappa shape index (κ3) is 3.78. The lowest BCUT2D eigenvalue weighted by Gasteiger charge is -2.00. The smallest absolute Gasteiger partial charge is 0.343 e. The highest BCUT2D eigenvalue weighted by Crippen LogP contribution is 2.28. The number of amides is 1. The highest BCUT2D eigenvalue weighted by atomic mass is 16.5. The Balaban J connectivity index is 1.83. The Bertz CT molecular complexity index is 918. The summed E-state index contributed by atoms with van der Waals surface area (Å²) in [4.78, 5) is 27.4. The van der Waals surface area contributed by atoms with Crippen molar-refractivity contribution in [3.05, 3.63) is 72.1 Å². The number of rotatable bonds is 5. The maximum atomic E-state index is 12.0. The summed E-state index contributed by atoms with van der Waals surface area (Å²) >= 11 is 0. The Labute approximate surface area is 142 Å². The molecule has 7 heteroatoms. The number of aromatic carboxylic acids is 1. The van der Waals surface area contributed by atoms with Gasteiger partial charge in [-0.1, -0.05) is 35.5 Å². The van der Waals surface area contributed by atoms with Gasteiger partial charge >= 0.3 is 5.97 Å². The summed E-state index contributed by atoms with van der Waals surface area (Å²) in [5.41, 5.74) is 1.27. The van der Waals surface area contributed by atoms with E-state index >= 15 is 0 Å². The van der Waals surface area contributed by atoms with Crippen molar-refractivity contribution in [2.45, 2.75) is 0 Å². The van der Waals surface area contributed by atoms with Crippen LogP contribution in [0.15, 0.2) is 65.5 Å². The molecule has 0 fully saturated rings. The van der Waals surface area contributed by atoms with Crippen molar-refractivity contribution in [2.24, 2.45) is 0 Å². The first-order valence-electron chi connectivity index (χ1n) is 7.32. The average Bonchev–Trinajstić information content (AvgIpc) is 3.05. The Morgan fingerprint density at radius 2 is 1.80 bits per heavy atom. The molecule has 7 nitrogen and oxygen atoms in total. The minimum Gasteiger partial charge on any atom is -0.477 e. The SMILES string of the molecule is O=C(C=Cc1ccccc1)Nc1onc(-c2ccncc2)c1C(=O)O. The molecule has 2 aromatic heterocycles. The molecule has 0 aliphatic heterocycles. The maximum absolute atomic E-state index is 12.0. The van der Waals surface area contributed by atoms with Crippen LogP contribution in [-0.4, -0.2) is 27.1 Å². The number of pyridine rings is 1. The molecule has 25 heavy (non-hydrogen) atoms. The van der Waals surface area contributed by atoms with E-state index in [9.17, 15) is 14.7 Å². The number of benzene rings is 1. The van der Waals surface area contributed by atoms with Crippen molar-refractivity contribution in [2.75, 3.05) is 5.32 Å². The fourth-order valence-corrected chi connectivity index (χ4v) is 2.17. The third-order valence-corrected chi connectivity index (χ3v) is 3.32. The first-order chi connectivity index (χ1) is 12.1. The van der Waals surface area contributed by atoms with Gasteiger partial charge in [0.05, 0.1) is 0 Å². The summed E-state index contributed by atoms with van der Waals surface area (Å²) in [5.74, 6) is -2.00. The fourth-order valence-electron chi connectivity index (χ4n) is 2.17. The van der Waals surface area contributed by atoms with Gasteiger partial charge in [0.15, 0.2) is 5.56 Å². The summed E-state index contributed by atoms with van der Waals surface area (Å²) < 4.78 is 5.02. The second-order valence-electron chi connectivity index (χ2n) is 5.01. The Morgan fingerprint density at radius 1 is 1.08 bits per heavy atom. The van der Waals surface area contributed by atoms with E-state index in [1.165, 1.54) is 18.5 Å². The van der Waals surface area contributed by atoms with E-state index in [0.717, 1.165) is 5.56 Å². The molecule has 2 N–H and O–H groups in total. The maximum Gasteiger partial charge on any atom is 0.343 e. The van der Waals surface area contributed by atoms with Crippen molar-refractivity contribution in [1.82, 2.24) is 10.1 Å². The van der Waals surface area contributed by atoms with Crippen molar-refractivity contribution in [3.63, 3.8) is 0 Å². The van der Waals surface area contributed by atoms with Crippen LogP contribution < -0.4 is 5.32 Å². The quantitative estimate of drug-likeness (QED) is 0.694. The summed E-state index contributed by atoms with van der Waals surface area (Å²) in [7, 11) is 0. The number of nitrogens with one attached hydrogen (secondary N) is 1. The van der Waals surface area contributed by atoms with Crippen LogP contribution in [0.2, 0.25) is 0 Å². The standard InChI is InChI=1S/C18H13N3O4/c22-14(7-6-12-4-2-1-3-5-12)20-17-15(18(23)24)16(21-25-17)13-8-10-19-11-9-13/h1-11H,(H,20,22)(H,23,24). The zero-order chi connectivity index (χ0) is 17.6. The second-order valence-corrected chi connectivity index (χ2v) is 5.01. The molecule has 0 unspecified atom stereocenters. The molecule has 124 valence electrons. The van der Waals surface area contributed by atoms with Gasteiger partial charge in [0.2, 0.25) is 5.88 Å². The van der Waals surface area contributed by atoms with Gasteiger partial charge in [0.1, 0.15) is 5.69 Å². The molecule has 0 saturated carbocycles. The molecule has 1 aromatic carbocycles. The summed E-state index contributed by atoms with van der Waals surface area (Å²) in [6.07, 6.45) is 5.92. The lowest BCUT2D eigenvalue weighted by molar-refractivity contribution is -0.112. The van der Waals surface area contributed by atoms with Crippen LogP contribution in [0.4, 0.5) is 5.88 Å². The number of anilines is 1. The van der Waals surface area contributed by atoms with Gasteiger partial charge in [-0.05, 0) is 23.8 Å². The van der Waals surface area contributed by atoms with Gasteiger partial charge in [-0.15, -0.1) is 0 Å². The molecule has 0 aliphatic carbocycles. The predicted molar refractivity (Wildman–Crippen MR) is 90.8 cm³/mol. The van der Waals surface area contributed by atoms with E-state index in [-0.39, 0.29) is 17.1 Å². The van der Waals surface area contributed by atoms with E-state index in [4.69, 9.17) is 4.52 Å². The van der Waals surface area contributed by atoms with Crippen molar-refractivity contribution in [3.8, 4) is 11.3 Å². The number of carboxylic acid groups (broad SMARTS) is 1. The lowest BCUT2D eigenvalue weighted by Crippen LogP contribution is -2.11. The fraction of sp³-hybridized carbons (Fsp3) is 0. The zero-order valence-corrected chi connectivity index (χ0v) is 12.9. The number of aromatic nitrogens is 2. The number of carboxylic acids is 1. The monoisotopic (exact) mass is 335 g/mol. The average molecular weight is 335 g/mol. The third-order valence-electron chi connectivity index (χ3n) is 3.32. The van der Waals surface area contributed by atoms with Crippen LogP contribution in [0.5, 0.6) is 0 Å². The molecule has 0 atom stereocenters. The normalized spacial score (nSPS) is 10.7. The van der Waals surface area contributed by atoms with Crippen molar-refractivity contribution >= 4 is 23.8 Å². The first-order valence-corrected chi connectivity index (χ1v) is 7.32. The highest BCUT2D eigenvalue weighted by molar-refractivity contribution is 6.07. The van der Waals surface area contributed by atoms with Gasteiger partial charge in [0, 0.05) is 24.0 Å². The van der Waals surface area contributed by atoms with Crippen LogP contribution >= 0.6 is 0 Å². The Hall–Kier alpha value is -3.74. The molecular weight excluding hydrogens is 322 g/mol. The van der Waals surface area contributed by atoms with Crippen molar-refractivity contribution < 1.29 is 19.2 Å². The lowest BCUT2D eigenvalue weighted by atomic mass is 10.1. The van der Waals surface area contributed by atoms with E-state index < -0.39 is 11.9 Å². The number of hydrogen-bond acceptors (Lipinski definition) is 5. The van der Waals surface area contributed by atoms with E-state index in [0.29, 0.717) is 5.56 Å². The molecule has 3 rings (SSSR count). The summed E-state index contributed by atoms with van der Waals surface area (Å²) in [5, 5.41) is 15.6. The van der Waals surface area contributed by atoms with Crippen LogP contribution in [-0.2, 0) is 4.79 Å². The molecule has 0 saturated heterocycles. The summed E-state index contributed by atoms with van der Waals surface area (Å²) in [6.45, 7) is 0. The minimum atomic E-state index is -1.25. The second kappa shape index (κ2) is 7.22. The Kier molecular flexibility index (Phi) is 4.66. The molecule has 1 amide bonds.